The highest BCUT2D eigenvalue weighted by atomic mass is 19.1. The van der Waals surface area contributed by atoms with Crippen LogP contribution in [0.25, 0.3) is 22.8 Å². The quantitative estimate of drug-likeness (QED) is 0.401. The molecule has 3 aromatic carbocycles. The van der Waals surface area contributed by atoms with Crippen LogP contribution in [0, 0.1) is 15.9 Å². The van der Waals surface area contributed by atoms with E-state index in [2.05, 4.69) is 5.10 Å². The Morgan fingerprint density at radius 3 is 2.07 bits per heavy atom. The van der Waals surface area contributed by atoms with Gasteiger partial charge in [0.1, 0.15) is 5.82 Å². The van der Waals surface area contributed by atoms with E-state index in [1.165, 1.54) is 53.1 Å². The van der Waals surface area contributed by atoms with E-state index >= 15 is 0 Å². The molecule has 0 bridgehead atoms. The van der Waals surface area contributed by atoms with Crippen molar-refractivity contribution in [2.45, 2.75) is 0 Å². The maximum Gasteiger partial charge on any atom is 0.355 e. The van der Waals surface area contributed by atoms with Gasteiger partial charge in [0.2, 0.25) is 0 Å². The zero-order chi connectivity index (χ0) is 19.7. The van der Waals surface area contributed by atoms with Gasteiger partial charge in [-0.2, -0.15) is 4.68 Å². The molecule has 0 saturated heterocycles. The smallest absolute Gasteiger partial charge is 0.258 e. The van der Waals surface area contributed by atoms with E-state index in [1.54, 1.807) is 0 Å². The third kappa shape index (κ3) is 3.07. The highest BCUT2D eigenvalue weighted by Gasteiger charge is 2.18. The molecule has 0 aliphatic rings. The molecule has 138 valence electrons. The Morgan fingerprint density at radius 2 is 1.46 bits per heavy atom. The molecule has 4 rings (SSSR count). The number of nitro benzene ring substituents is 1. The number of nitrogens with zero attached hydrogens (tertiary/aromatic N) is 4. The van der Waals surface area contributed by atoms with E-state index in [-0.39, 0.29) is 5.69 Å². The maximum absolute atomic E-state index is 13.3. The van der Waals surface area contributed by atoms with Crippen LogP contribution in [0.15, 0.2) is 83.7 Å². The van der Waals surface area contributed by atoms with Crippen LogP contribution in [0.4, 0.5) is 10.1 Å². The van der Waals surface area contributed by atoms with E-state index in [0.717, 1.165) is 4.68 Å². The van der Waals surface area contributed by atoms with Crippen molar-refractivity contribution < 1.29 is 9.31 Å². The van der Waals surface area contributed by atoms with Crippen LogP contribution in [-0.4, -0.2) is 19.3 Å². The van der Waals surface area contributed by atoms with E-state index in [1.807, 2.05) is 30.3 Å². The fourth-order valence-electron chi connectivity index (χ4n) is 2.85. The van der Waals surface area contributed by atoms with Gasteiger partial charge in [-0.3, -0.25) is 10.1 Å². The molecule has 0 atom stereocenters. The maximum atomic E-state index is 13.3. The van der Waals surface area contributed by atoms with Crippen molar-refractivity contribution in [2.24, 2.45) is 0 Å². The molecule has 1 aromatic heterocycles. The van der Waals surface area contributed by atoms with Crippen molar-refractivity contribution in [3.63, 3.8) is 0 Å². The summed E-state index contributed by atoms with van der Waals surface area (Å²) in [5, 5.41) is 15.3. The minimum Gasteiger partial charge on any atom is -0.258 e. The Hall–Kier alpha value is -4.07. The first kappa shape index (κ1) is 17.3. The normalized spacial score (nSPS) is 10.8. The predicted molar refractivity (Wildman–Crippen MR) is 101 cm³/mol. The Labute approximate surface area is 158 Å². The summed E-state index contributed by atoms with van der Waals surface area (Å²) in [7, 11) is 0. The SMILES string of the molecule is O=c1n(-c2ccc([N+](=O)[O-])cc2)nc(-c2ccccc2)n1-c1ccc(F)cc1. The van der Waals surface area contributed by atoms with Gasteiger partial charge in [-0.05, 0) is 36.4 Å². The molecular formula is C20H13FN4O3. The predicted octanol–water partition coefficient (Wildman–Crippen LogP) is 3.74. The molecule has 1 heterocycles. The largest absolute Gasteiger partial charge is 0.355 e. The first-order chi connectivity index (χ1) is 13.5. The lowest BCUT2D eigenvalue weighted by molar-refractivity contribution is -0.384. The average Bonchev–Trinajstić information content (AvgIpc) is 3.06. The molecule has 0 radical (unpaired) electrons. The third-order valence-electron chi connectivity index (χ3n) is 4.20. The molecule has 28 heavy (non-hydrogen) atoms. The molecular weight excluding hydrogens is 363 g/mol. The average molecular weight is 376 g/mol. The van der Waals surface area contributed by atoms with E-state index in [9.17, 15) is 19.3 Å². The topological polar surface area (TPSA) is 83.0 Å². The molecule has 0 N–H and O–H groups in total. The molecule has 0 aliphatic heterocycles. The summed E-state index contributed by atoms with van der Waals surface area (Å²) in [6.07, 6.45) is 0. The van der Waals surface area contributed by atoms with Crippen molar-refractivity contribution in [2.75, 3.05) is 0 Å². The van der Waals surface area contributed by atoms with Gasteiger partial charge < -0.3 is 0 Å². The summed E-state index contributed by atoms with van der Waals surface area (Å²) >= 11 is 0. The van der Waals surface area contributed by atoms with Crippen LogP contribution in [0.5, 0.6) is 0 Å². The third-order valence-corrected chi connectivity index (χ3v) is 4.20. The summed E-state index contributed by atoms with van der Waals surface area (Å²) in [4.78, 5) is 23.4. The van der Waals surface area contributed by atoms with Crippen LogP contribution < -0.4 is 5.69 Å². The van der Waals surface area contributed by atoms with Crippen LogP contribution in [0.2, 0.25) is 0 Å². The molecule has 7 nitrogen and oxygen atoms in total. The number of rotatable bonds is 4. The van der Waals surface area contributed by atoms with Crippen molar-refractivity contribution in [3.05, 3.63) is 105 Å². The number of nitro groups is 1. The molecule has 0 unspecified atom stereocenters. The van der Waals surface area contributed by atoms with Gasteiger partial charge in [-0.15, -0.1) is 5.10 Å². The monoisotopic (exact) mass is 376 g/mol. The van der Waals surface area contributed by atoms with E-state index in [0.29, 0.717) is 22.8 Å². The van der Waals surface area contributed by atoms with Gasteiger partial charge in [0, 0.05) is 17.7 Å². The number of halogens is 1. The minimum absolute atomic E-state index is 0.0851. The first-order valence-electron chi connectivity index (χ1n) is 8.33. The van der Waals surface area contributed by atoms with Gasteiger partial charge in [-0.25, -0.2) is 13.8 Å². The molecule has 8 heteroatoms. The second-order valence-corrected chi connectivity index (χ2v) is 5.97. The van der Waals surface area contributed by atoms with Gasteiger partial charge in [0.15, 0.2) is 5.82 Å². The van der Waals surface area contributed by atoms with Crippen LogP contribution in [-0.2, 0) is 0 Å². The molecule has 0 fully saturated rings. The first-order valence-corrected chi connectivity index (χ1v) is 8.33. The minimum atomic E-state index is -0.515. The van der Waals surface area contributed by atoms with E-state index < -0.39 is 16.4 Å². The Kier molecular flexibility index (Phi) is 4.29. The lowest BCUT2D eigenvalue weighted by Crippen LogP contribution is -2.22. The molecule has 4 aromatic rings. The summed E-state index contributed by atoms with van der Waals surface area (Å²) in [6, 6.07) is 20.1. The summed E-state index contributed by atoms with van der Waals surface area (Å²) in [6.45, 7) is 0. The number of aromatic nitrogens is 3. The Balaban J connectivity index is 1.93. The lowest BCUT2D eigenvalue weighted by Gasteiger charge is -2.05. The van der Waals surface area contributed by atoms with Crippen molar-refractivity contribution >= 4 is 5.69 Å². The zero-order valence-corrected chi connectivity index (χ0v) is 14.4. The Morgan fingerprint density at radius 1 is 0.857 bits per heavy atom. The standard InChI is InChI=1S/C20H13FN4O3/c21-15-6-8-16(9-7-15)23-19(14-4-2-1-3-5-14)22-24(20(23)26)17-10-12-18(13-11-17)25(27)28/h1-13H. The van der Waals surface area contributed by atoms with E-state index in [4.69, 9.17) is 0 Å². The van der Waals surface area contributed by atoms with Gasteiger partial charge in [0.25, 0.3) is 5.69 Å². The number of hydrogen-bond acceptors (Lipinski definition) is 4. The Bertz CT molecular complexity index is 1200. The molecule has 0 saturated carbocycles. The number of benzene rings is 3. The highest BCUT2D eigenvalue weighted by molar-refractivity contribution is 5.58. The van der Waals surface area contributed by atoms with Crippen molar-refractivity contribution in [1.29, 1.82) is 0 Å². The van der Waals surface area contributed by atoms with Crippen LogP contribution in [0.1, 0.15) is 0 Å². The van der Waals surface area contributed by atoms with Gasteiger partial charge in [-0.1, -0.05) is 30.3 Å². The molecule has 0 aliphatic carbocycles. The van der Waals surface area contributed by atoms with Crippen molar-refractivity contribution in [1.82, 2.24) is 14.3 Å². The summed E-state index contributed by atoms with van der Waals surface area (Å²) in [5.74, 6) is -0.0450. The second-order valence-electron chi connectivity index (χ2n) is 5.97. The van der Waals surface area contributed by atoms with Gasteiger partial charge in [0.05, 0.1) is 16.3 Å². The van der Waals surface area contributed by atoms with Crippen LogP contribution >= 0.6 is 0 Å². The van der Waals surface area contributed by atoms with Gasteiger partial charge >= 0.3 is 5.69 Å². The number of hydrogen-bond donors (Lipinski definition) is 0. The fraction of sp³-hybridized carbons (Fsp3) is 0. The highest BCUT2D eigenvalue weighted by Crippen LogP contribution is 2.21. The summed E-state index contributed by atoms with van der Waals surface area (Å²) in [5.41, 5.74) is 0.981. The lowest BCUT2D eigenvalue weighted by atomic mass is 10.2. The van der Waals surface area contributed by atoms with Crippen molar-refractivity contribution in [3.8, 4) is 22.8 Å². The summed E-state index contributed by atoms with van der Waals surface area (Å²) < 4.78 is 15.9. The second kappa shape index (κ2) is 6.92. The number of non-ortho nitro benzene ring substituents is 1. The molecule has 0 spiro atoms. The van der Waals surface area contributed by atoms with Crippen LogP contribution in [0.3, 0.4) is 0 Å². The molecule has 0 amide bonds. The zero-order valence-electron chi connectivity index (χ0n) is 14.4. The fourth-order valence-corrected chi connectivity index (χ4v) is 2.85.